The largest absolute Gasteiger partial charge is 0.381 e. The number of nitro groups is 1. The summed E-state index contributed by atoms with van der Waals surface area (Å²) in [6.45, 7) is 4.74. The van der Waals surface area contributed by atoms with Crippen molar-refractivity contribution in [1.29, 1.82) is 0 Å². The van der Waals surface area contributed by atoms with Gasteiger partial charge in [-0.3, -0.25) is 10.1 Å². The number of benzene rings is 1. The van der Waals surface area contributed by atoms with E-state index in [1.54, 1.807) is 6.20 Å². The van der Waals surface area contributed by atoms with Crippen LogP contribution in [0.4, 0.5) is 17.2 Å². The Morgan fingerprint density at radius 2 is 1.96 bits per heavy atom. The van der Waals surface area contributed by atoms with E-state index in [2.05, 4.69) is 22.1 Å². The van der Waals surface area contributed by atoms with Crippen molar-refractivity contribution in [3.05, 3.63) is 52.2 Å². The molecule has 150 valence electrons. The maximum atomic E-state index is 11.8. The quantitative estimate of drug-likeness (QED) is 0.582. The molecule has 1 aromatic carbocycles. The molecule has 0 aliphatic carbocycles. The summed E-state index contributed by atoms with van der Waals surface area (Å²) in [6.07, 6.45) is 5.11. The lowest BCUT2D eigenvalue weighted by Gasteiger charge is -2.31. The van der Waals surface area contributed by atoms with Gasteiger partial charge in [-0.05, 0) is 42.5 Å². The molecule has 1 aromatic heterocycles. The van der Waals surface area contributed by atoms with Crippen LogP contribution in [0.15, 0.2) is 41.4 Å². The van der Waals surface area contributed by atoms with Gasteiger partial charge < -0.3 is 10.2 Å². The van der Waals surface area contributed by atoms with Gasteiger partial charge in [0, 0.05) is 43.8 Å². The summed E-state index contributed by atoms with van der Waals surface area (Å²) in [5, 5.41) is 14.2. The average Bonchev–Trinajstić information content (AvgIpc) is 2.66. The normalized spacial score (nSPS) is 15.4. The molecule has 0 saturated carbocycles. The minimum absolute atomic E-state index is 0.296. The molecular formula is C19H24N4O4S. The summed E-state index contributed by atoms with van der Waals surface area (Å²) in [6, 6.07) is 7.98. The molecule has 3 rings (SSSR count). The molecule has 0 bridgehead atoms. The van der Waals surface area contributed by atoms with Gasteiger partial charge in [-0.2, -0.15) is 0 Å². The predicted molar refractivity (Wildman–Crippen MR) is 108 cm³/mol. The molecule has 2 aromatic rings. The fourth-order valence-electron chi connectivity index (χ4n) is 3.22. The van der Waals surface area contributed by atoms with E-state index in [0.29, 0.717) is 12.2 Å². The second-order valence-corrected chi connectivity index (χ2v) is 9.24. The topological polar surface area (TPSA) is 105 Å². The van der Waals surface area contributed by atoms with Crippen molar-refractivity contribution in [1.82, 2.24) is 4.98 Å². The average molecular weight is 404 g/mol. The second kappa shape index (κ2) is 8.14. The van der Waals surface area contributed by atoms with Gasteiger partial charge in [0.1, 0.15) is 10.7 Å². The number of nitro benzene ring substituents is 1. The van der Waals surface area contributed by atoms with Crippen LogP contribution < -0.4 is 10.2 Å². The highest BCUT2D eigenvalue weighted by Gasteiger charge is 2.22. The fourth-order valence-corrected chi connectivity index (χ4v) is 4.09. The molecule has 0 atom stereocenters. The van der Waals surface area contributed by atoms with E-state index in [-0.39, 0.29) is 4.90 Å². The van der Waals surface area contributed by atoms with Gasteiger partial charge in [0.2, 0.25) is 0 Å². The van der Waals surface area contributed by atoms with Crippen molar-refractivity contribution in [2.45, 2.75) is 31.2 Å². The predicted octanol–water partition coefficient (Wildman–Crippen LogP) is 3.24. The smallest absolute Gasteiger partial charge is 0.288 e. The summed E-state index contributed by atoms with van der Waals surface area (Å²) < 4.78 is 23.7. The number of rotatable bonds is 6. The van der Waals surface area contributed by atoms with Gasteiger partial charge in [-0.15, -0.1) is 0 Å². The van der Waals surface area contributed by atoms with Crippen molar-refractivity contribution < 1.29 is 13.3 Å². The number of aromatic nitrogens is 1. The third-order valence-electron chi connectivity index (χ3n) is 4.97. The molecule has 1 N–H and O–H groups in total. The van der Waals surface area contributed by atoms with Crippen LogP contribution >= 0.6 is 0 Å². The van der Waals surface area contributed by atoms with Crippen LogP contribution in [0.3, 0.4) is 0 Å². The van der Waals surface area contributed by atoms with Gasteiger partial charge in [0.05, 0.1) is 4.92 Å². The number of pyridine rings is 1. The van der Waals surface area contributed by atoms with Crippen LogP contribution in [-0.2, 0) is 16.4 Å². The molecular weight excluding hydrogens is 380 g/mol. The van der Waals surface area contributed by atoms with Crippen molar-refractivity contribution >= 4 is 27.0 Å². The Morgan fingerprint density at radius 3 is 2.54 bits per heavy atom. The van der Waals surface area contributed by atoms with Gasteiger partial charge in [0.25, 0.3) is 5.69 Å². The first-order valence-electron chi connectivity index (χ1n) is 9.16. The molecule has 0 spiro atoms. The van der Waals surface area contributed by atoms with Gasteiger partial charge in [-0.1, -0.05) is 13.0 Å². The SMILES string of the molecule is CC1CCN(c2ccc(CNc3ccc([N+](=O)[O-])c(S(C)(=O)=O)c3)cn2)CC1. The molecule has 0 radical (unpaired) electrons. The maximum absolute atomic E-state index is 11.8. The van der Waals surface area contributed by atoms with E-state index < -0.39 is 20.4 Å². The van der Waals surface area contributed by atoms with Crippen LogP contribution in [0.5, 0.6) is 0 Å². The van der Waals surface area contributed by atoms with Crippen molar-refractivity contribution in [2.75, 3.05) is 29.6 Å². The maximum Gasteiger partial charge on any atom is 0.288 e. The Balaban J connectivity index is 1.68. The fraction of sp³-hybridized carbons (Fsp3) is 0.421. The molecule has 28 heavy (non-hydrogen) atoms. The van der Waals surface area contributed by atoms with E-state index in [9.17, 15) is 18.5 Å². The van der Waals surface area contributed by atoms with Crippen LogP contribution in [-0.4, -0.2) is 37.7 Å². The molecule has 1 fully saturated rings. The van der Waals surface area contributed by atoms with Crippen LogP contribution in [0.1, 0.15) is 25.3 Å². The third-order valence-corrected chi connectivity index (χ3v) is 6.10. The van der Waals surface area contributed by atoms with Crippen LogP contribution in [0.2, 0.25) is 0 Å². The van der Waals surface area contributed by atoms with E-state index in [1.807, 2.05) is 12.1 Å². The molecule has 9 heteroatoms. The summed E-state index contributed by atoms with van der Waals surface area (Å²) in [5.74, 6) is 1.73. The lowest BCUT2D eigenvalue weighted by atomic mass is 9.99. The molecule has 1 aliphatic heterocycles. The Hall–Kier alpha value is -2.68. The van der Waals surface area contributed by atoms with Crippen molar-refractivity contribution in [3.63, 3.8) is 0 Å². The molecule has 0 amide bonds. The number of sulfone groups is 1. The number of nitrogens with one attached hydrogen (secondary N) is 1. The Bertz CT molecular complexity index is 952. The number of hydrogen-bond acceptors (Lipinski definition) is 7. The van der Waals surface area contributed by atoms with Crippen molar-refractivity contribution in [2.24, 2.45) is 5.92 Å². The molecule has 1 aliphatic rings. The Labute approximate surface area is 164 Å². The summed E-state index contributed by atoms with van der Waals surface area (Å²) >= 11 is 0. The highest BCUT2D eigenvalue weighted by molar-refractivity contribution is 7.90. The minimum Gasteiger partial charge on any atom is -0.381 e. The summed E-state index contributed by atoms with van der Waals surface area (Å²) in [5.41, 5.74) is 1.02. The second-order valence-electron chi connectivity index (χ2n) is 7.26. The molecule has 8 nitrogen and oxygen atoms in total. The van der Waals surface area contributed by atoms with Crippen LogP contribution in [0, 0.1) is 16.0 Å². The zero-order valence-electron chi connectivity index (χ0n) is 16.0. The Morgan fingerprint density at radius 1 is 1.25 bits per heavy atom. The van der Waals surface area contributed by atoms with Gasteiger partial charge in [-0.25, -0.2) is 13.4 Å². The highest BCUT2D eigenvalue weighted by Crippen LogP contribution is 2.27. The molecule has 1 saturated heterocycles. The molecule has 2 heterocycles. The number of hydrogen-bond donors (Lipinski definition) is 1. The number of nitrogens with zero attached hydrogens (tertiary/aromatic N) is 3. The van der Waals surface area contributed by atoms with Gasteiger partial charge in [0.15, 0.2) is 9.84 Å². The zero-order chi connectivity index (χ0) is 20.3. The first-order valence-corrected chi connectivity index (χ1v) is 11.1. The molecule has 0 unspecified atom stereocenters. The lowest BCUT2D eigenvalue weighted by Crippen LogP contribution is -2.33. The zero-order valence-corrected chi connectivity index (χ0v) is 16.8. The van der Waals surface area contributed by atoms with E-state index >= 15 is 0 Å². The lowest BCUT2D eigenvalue weighted by molar-refractivity contribution is -0.387. The Kier molecular flexibility index (Phi) is 5.83. The van der Waals surface area contributed by atoms with Crippen LogP contribution in [0.25, 0.3) is 0 Å². The minimum atomic E-state index is -3.71. The first kappa shape index (κ1) is 20.1. The van der Waals surface area contributed by atoms with E-state index in [1.165, 1.54) is 31.0 Å². The summed E-state index contributed by atoms with van der Waals surface area (Å²) in [4.78, 5) is 16.9. The van der Waals surface area contributed by atoms with E-state index in [4.69, 9.17) is 0 Å². The van der Waals surface area contributed by atoms with Gasteiger partial charge >= 0.3 is 0 Å². The third kappa shape index (κ3) is 4.78. The number of anilines is 2. The summed E-state index contributed by atoms with van der Waals surface area (Å²) in [7, 11) is -3.71. The monoisotopic (exact) mass is 404 g/mol. The first-order chi connectivity index (χ1) is 13.2. The van der Waals surface area contributed by atoms with Crippen molar-refractivity contribution in [3.8, 4) is 0 Å². The standard InChI is InChI=1S/C19H24N4O4S/c1-14-7-9-22(10-8-14)19-6-3-15(13-21-19)12-20-16-4-5-17(23(24)25)18(11-16)28(2,26)27/h3-6,11,13-14,20H,7-10,12H2,1-2H3. The highest BCUT2D eigenvalue weighted by atomic mass is 32.2. The number of piperidine rings is 1. The van der Waals surface area contributed by atoms with E-state index in [0.717, 1.165) is 36.6 Å².